The number of ether oxygens (including phenoxy) is 1. The van der Waals surface area contributed by atoms with Gasteiger partial charge in [0, 0.05) is 6.42 Å². The molecule has 172 valence electrons. The lowest BCUT2D eigenvalue weighted by molar-refractivity contribution is 0.240. The lowest BCUT2D eigenvalue weighted by Gasteiger charge is -2.18. The van der Waals surface area contributed by atoms with Crippen molar-refractivity contribution in [3.8, 4) is 0 Å². The fourth-order valence-electron chi connectivity index (χ4n) is 4.46. The van der Waals surface area contributed by atoms with Crippen molar-refractivity contribution < 1.29 is 4.74 Å². The normalized spacial score (nSPS) is 15.5. The molecule has 1 aliphatic heterocycles. The highest BCUT2D eigenvalue weighted by molar-refractivity contribution is 5.78. The van der Waals surface area contributed by atoms with Gasteiger partial charge in [0.2, 0.25) is 0 Å². The van der Waals surface area contributed by atoms with Crippen molar-refractivity contribution >= 4 is 5.90 Å². The van der Waals surface area contributed by atoms with E-state index in [-0.39, 0.29) is 5.54 Å². The zero-order valence-electron chi connectivity index (χ0n) is 20.4. The highest BCUT2D eigenvalue weighted by Gasteiger charge is 2.32. The van der Waals surface area contributed by atoms with Crippen LogP contribution in [0.5, 0.6) is 0 Å². The molecule has 1 rings (SSSR count). The van der Waals surface area contributed by atoms with E-state index in [9.17, 15) is 0 Å². The highest BCUT2D eigenvalue weighted by Crippen LogP contribution is 2.27. The van der Waals surface area contributed by atoms with Crippen molar-refractivity contribution in [2.45, 2.75) is 161 Å². The molecule has 0 saturated heterocycles. The maximum atomic E-state index is 5.83. The fourth-order valence-corrected chi connectivity index (χ4v) is 4.46. The Hall–Kier alpha value is -0.530. The summed E-state index contributed by atoms with van der Waals surface area (Å²) in [4.78, 5) is 4.86. The first-order valence-electron chi connectivity index (χ1n) is 13.5. The van der Waals surface area contributed by atoms with Gasteiger partial charge in [-0.3, -0.25) is 0 Å². The first kappa shape index (κ1) is 26.5. The van der Waals surface area contributed by atoms with Gasteiger partial charge in [-0.15, -0.1) is 0 Å². The standard InChI is InChI=1S/C27H53NO/c1-4-7-8-9-10-11-12-13-14-15-16-17-18-19-20-21-22-23-24-26-28-27(5-2,6-3)25-29-26/h4-25H2,1-3H3. The Morgan fingerprint density at radius 1 is 0.586 bits per heavy atom. The minimum atomic E-state index is 0.101. The molecule has 0 N–H and O–H groups in total. The smallest absolute Gasteiger partial charge is 0.183 e. The summed E-state index contributed by atoms with van der Waals surface area (Å²) in [6.07, 6.45) is 29.0. The first-order valence-corrected chi connectivity index (χ1v) is 13.5. The van der Waals surface area contributed by atoms with Crippen LogP contribution < -0.4 is 0 Å². The molecule has 0 aromatic carbocycles. The maximum Gasteiger partial charge on any atom is 0.183 e. The number of aliphatic imine (C=N–C) groups is 1. The maximum absolute atomic E-state index is 5.83. The van der Waals surface area contributed by atoms with Gasteiger partial charge in [-0.2, -0.15) is 0 Å². The average Bonchev–Trinajstić information content (AvgIpc) is 3.17. The van der Waals surface area contributed by atoms with Crippen LogP contribution in [0.25, 0.3) is 0 Å². The number of unbranched alkanes of at least 4 members (excludes halogenated alkanes) is 17. The van der Waals surface area contributed by atoms with Crippen molar-refractivity contribution in [2.75, 3.05) is 6.61 Å². The predicted octanol–water partition coefficient (Wildman–Crippen LogP) is 9.41. The summed E-state index contributed by atoms with van der Waals surface area (Å²) in [5, 5.41) is 0. The Balaban J connectivity index is 1.77. The molecule has 0 aliphatic carbocycles. The van der Waals surface area contributed by atoms with Crippen LogP contribution in [0.2, 0.25) is 0 Å². The Labute approximate surface area is 183 Å². The van der Waals surface area contributed by atoms with Gasteiger partial charge in [-0.05, 0) is 19.3 Å². The molecule has 2 nitrogen and oxygen atoms in total. The van der Waals surface area contributed by atoms with Crippen molar-refractivity contribution in [3.63, 3.8) is 0 Å². The van der Waals surface area contributed by atoms with Crippen molar-refractivity contribution in [3.05, 3.63) is 0 Å². The van der Waals surface area contributed by atoms with E-state index in [1.165, 1.54) is 116 Å². The monoisotopic (exact) mass is 407 g/mol. The fraction of sp³-hybridized carbons (Fsp3) is 0.963. The molecule has 0 bridgehead atoms. The van der Waals surface area contributed by atoms with Gasteiger partial charge in [-0.1, -0.05) is 130 Å². The SMILES string of the molecule is CCCCCCCCCCCCCCCCCCCCC1=NC(CC)(CC)CO1. The zero-order chi connectivity index (χ0) is 21.0. The summed E-state index contributed by atoms with van der Waals surface area (Å²) in [5.41, 5.74) is 0.101. The second-order valence-corrected chi connectivity index (χ2v) is 9.49. The molecule has 0 atom stereocenters. The summed E-state index contributed by atoms with van der Waals surface area (Å²) in [6.45, 7) is 7.58. The summed E-state index contributed by atoms with van der Waals surface area (Å²) >= 11 is 0. The highest BCUT2D eigenvalue weighted by atomic mass is 16.5. The molecule has 0 radical (unpaired) electrons. The molecule has 29 heavy (non-hydrogen) atoms. The molecule has 0 spiro atoms. The van der Waals surface area contributed by atoms with E-state index in [0.717, 1.165) is 31.8 Å². The third-order valence-corrected chi connectivity index (χ3v) is 6.93. The van der Waals surface area contributed by atoms with Gasteiger partial charge in [0.15, 0.2) is 5.90 Å². The van der Waals surface area contributed by atoms with Crippen molar-refractivity contribution in [1.29, 1.82) is 0 Å². The van der Waals surface area contributed by atoms with E-state index >= 15 is 0 Å². The summed E-state index contributed by atoms with van der Waals surface area (Å²) in [5.74, 6) is 1.03. The van der Waals surface area contributed by atoms with Crippen molar-refractivity contribution in [1.82, 2.24) is 0 Å². The molecular formula is C27H53NO. The van der Waals surface area contributed by atoms with Gasteiger partial charge in [0.1, 0.15) is 6.61 Å². The second-order valence-electron chi connectivity index (χ2n) is 9.49. The predicted molar refractivity (Wildman–Crippen MR) is 130 cm³/mol. The molecule has 1 heterocycles. The summed E-state index contributed by atoms with van der Waals surface area (Å²) < 4.78 is 5.83. The molecule has 0 aromatic heterocycles. The third-order valence-electron chi connectivity index (χ3n) is 6.93. The number of hydrogen-bond donors (Lipinski definition) is 0. The second kappa shape index (κ2) is 18.3. The van der Waals surface area contributed by atoms with E-state index in [1.807, 2.05) is 0 Å². The van der Waals surface area contributed by atoms with E-state index in [0.29, 0.717) is 0 Å². The van der Waals surface area contributed by atoms with Crippen LogP contribution in [-0.4, -0.2) is 18.0 Å². The Kier molecular flexibility index (Phi) is 16.7. The lowest BCUT2D eigenvalue weighted by atomic mass is 9.96. The van der Waals surface area contributed by atoms with Gasteiger partial charge < -0.3 is 4.74 Å². The minimum absolute atomic E-state index is 0.101. The molecule has 0 fully saturated rings. The number of rotatable bonds is 21. The van der Waals surface area contributed by atoms with Gasteiger partial charge in [-0.25, -0.2) is 4.99 Å². The number of nitrogens with zero attached hydrogens (tertiary/aromatic N) is 1. The molecular weight excluding hydrogens is 354 g/mol. The minimum Gasteiger partial charge on any atom is -0.478 e. The van der Waals surface area contributed by atoms with Crippen molar-refractivity contribution in [2.24, 2.45) is 4.99 Å². The average molecular weight is 408 g/mol. The summed E-state index contributed by atoms with van der Waals surface area (Å²) in [7, 11) is 0. The topological polar surface area (TPSA) is 21.6 Å². The Bertz CT molecular complexity index is 386. The van der Waals surface area contributed by atoms with E-state index in [4.69, 9.17) is 9.73 Å². The van der Waals surface area contributed by atoms with Crippen LogP contribution >= 0.6 is 0 Å². The Morgan fingerprint density at radius 3 is 1.31 bits per heavy atom. The van der Waals surface area contributed by atoms with Crippen LogP contribution in [0.4, 0.5) is 0 Å². The third kappa shape index (κ3) is 13.4. The molecule has 1 aliphatic rings. The van der Waals surface area contributed by atoms with Crippen LogP contribution in [0.15, 0.2) is 4.99 Å². The van der Waals surface area contributed by atoms with Crippen LogP contribution in [0, 0.1) is 0 Å². The quantitative estimate of drug-likeness (QED) is 0.174. The van der Waals surface area contributed by atoms with E-state index < -0.39 is 0 Å². The Morgan fingerprint density at radius 2 is 0.966 bits per heavy atom. The molecule has 0 unspecified atom stereocenters. The van der Waals surface area contributed by atoms with Crippen LogP contribution in [0.3, 0.4) is 0 Å². The van der Waals surface area contributed by atoms with Gasteiger partial charge in [0.05, 0.1) is 5.54 Å². The van der Waals surface area contributed by atoms with Crippen LogP contribution in [-0.2, 0) is 4.74 Å². The van der Waals surface area contributed by atoms with E-state index in [1.54, 1.807) is 0 Å². The van der Waals surface area contributed by atoms with E-state index in [2.05, 4.69) is 20.8 Å². The lowest BCUT2D eigenvalue weighted by Crippen LogP contribution is -2.25. The summed E-state index contributed by atoms with van der Waals surface area (Å²) in [6, 6.07) is 0. The van der Waals surface area contributed by atoms with Crippen LogP contribution in [0.1, 0.15) is 156 Å². The van der Waals surface area contributed by atoms with Gasteiger partial charge >= 0.3 is 0 Å². The molecule has 0 saturated carbocycles. The molecule has 0 amide bonds. The zero-order valence-corrected chi connectivity index (χ0v) is 20.4. The first-order chi connectivity index (χ1) is 14.3. The molecule has 2 heteroatoms. The molecule has 0 aromatic rings. The van der Waals surface area contributed by atoms with Gasteiger partial charge in [0.25, 0.3) is 0 Å². The largest absolute Gasteiger partial charge is 0.478 e. The number of hydrogen-bond acceptors (Lipinski definition) is 2.